The second-order valence-electron chi connectivity index (χ2n) is 11.4. The average molecular weight is 525 g/mol. The Hall–Kier alpha value is -2.91. The Kier molecular flexibility index (Phi) is 6.03. The number of hydrogen-bond donors (Lipinski definition) is 0. The minimum absolute atomic E-state index is 0.252. The maximum absolute atomic E-state index is 12.5. The van der Waals surface area contributed by atoms with Crippen LogP contribution in [0.5, 0.6) is 0 Å². The van der Waals surface area contributed by atoms with Crippen molar-refractivity contribution in [1.82, 2.24) is 24.6 Å². The van der Waals surface area contributed by atoms with E-state index in [4.69, 9.17) is 31.0 Å². The van der Waals surface area contributed by atoms with Gasteiger partial charge in [0.15, 0.2) is 5.82 Å². The van der Waals surface area contributed by atoms with Crippen LogP contribution in [0.3, 0.4) is 0 Å². The average Bonchev–Trinajstić information content (AvgIpc) is 3.58. The summed E-state index contributed by atoms with van der Waals surface area (Å²) in [6, 6.07) is 6.52. The van der Waals surface area contributed by atoms with E-state index < -0.39 is 5.60 Å². The first-order valence-electron chi connectivity index (χ1n) is 13.0. The molecule has 0 saturated carbocycles. The number of rotatable bonds is 3. The van der Waals surface area contributed by atoms with Crippen LogP contribution >= 0.6 is 11.6 Å². The van der Waals surface area contributed by atoms with Gasteiger partial charge in [-0.05, 0) is 70.6 Å². The fourth-order valence-corrected chi connectivity index (χ4v) is 6.06. The first-order chi connectivity index (χ1) is 17.6. The standard InChI is InChI=1S/C27H33ClN6O3/c1-16-30-24(33-14-20-10-19(33)15-36-20)12-25(31-16)34-23-11-21(22(28)9-18(23)13-29-34)17-5-7-32(8-6-17)26(35)37-27(2,3)4/h9,11-13,17,19-20H,5-8,10,14-15H2,1-4H3/t19-,20-/m0/s1. The lowest BCUT2D eigenvalue weighted by atomic mass is 9.89. The van der Waals surface area contributed by atoms with E-state index in [9.17, 15) is 4.79 Å². The second-order valence-corrected chi connectivity index (χ2v) is 11.8. The number of anilines is 1. The van der Waals surface area contributed by atoms with Crippen LogP contribution in [0.1, 0.15) is 57.3 Å². The number of ether oxygens (including phenoxy) is 2. The summed E-state index contributed by atoms with van der Waals surface area (Å²) >= 11 is 6.76. The van der Waals surface area contributed by atoms with Crippen molar-refractivity contribution in [2.45, 2.75) is 70.6 Å². The minimum atomic E-state index is -0.498. The third-order valence-corrected chi connectivity index (χ3v) is 7.82. The molecule has 3 aliphatic rings. The van der Waals surface area contributed by atoms with Crippen LogP contribution in [0.4, 0.5) is 10.6 Å². The number of amides is 1. The zero-order chi connectivity index (χ0) is 25.9. The molecule has 196 valence electrons. The number of aromatic nitrogens is 4. The number of aryl methyl sites for hydroxylation is 1. The van der Waals surface area contributed by atoms with Gasteiger partial charge in [-0.3, -0.25) is 0 Å². The third kappa shape index (κ3) is 4.75. The zero-order valence-corrected chi connectivity index (χ0v) is 22.5. The molecular weight excluding hydrogens is 492 g/mol. The SMILES string of the molecule is Cc1nc(N2C[C@@H]3C[C@H]2CO3)cc(-n2ncc3cc(Cl)c(C4CCN(C(=O)OC(C)(C)C)CC4)cc32)n1. The molecule has 6 rings (SSSR count). The molecule has 3 fully saturated rings. The molecule has 3 saturated heterocycles. The molecule has 5 heterocycles. The van der Waals surface area contributed by atoms with Crippen LogP contribution in [-0.2, 0) is 9.47 Å². The van der Waals surface area contributed by atoms with Crippen molar-refractivity contribution in [3.63, 3.8) is 0 Å². The molecule has 3 aliphatic heterocycles. The van der Waals surface area contributed by atoms with Crippen LogP contribution in [-0.4, -0.2) is 74.7 Å². The van der Waals surface area contributed by atoms with Crippen molar-refractivity contribution in [2.75, 3.05) is 31.1 Å². The topological polar surface area (TPSA) is 85.6 Å². The van der Waals surface area contributed by atoms with Crippen LogP contribution in [0.15, 0.2) is 24.4 Å². The molecule has 10 heteroatoms. The minimum Gasteiger partial charge on any atom is -0.444 e. The Labute approximate surface area is 221 Å². The summed E-state index contributed by atoms with van der Waals surface area (Å²) in [5.41, 5.74) is 1.55. The number of fused-ring (bicyclic) bond motifs is 3. The summed E-state index contributed by atoms with van der Waals surface area (Å²) in [6.07, 6.45) is 4.58. The van der Waals surface area contributed by atoms with Crippen LogP contribution in [0.2, 0.25) is 5.02 Å². The van der Waals surface area contributed by atoms with Gasteiger partial charge in [0.2, 0.25) is 0 Å². The normalized spacial score (nSPS) is 22.3. The lowest BCUT2D eigenvalue weighted by molar-refractivity contribution is 0.0205. The van der Waals surface area contributed by atoms with E-state index in [-0.39, 0.29) is 12.0 Å². The van der Waals surface area contributed by atoms with Crippen molar-refractivity contribution in [3.05, 3.63) is 40.8 Å². The summed E-state index contributed by atoms with van der Waals surface area (Å²) in [7, 11) is 0. The Morgan fingerprint density at radius 1 is 1.14 bits per heavy atom. The smallest absolute Gasteiger partial charge is 0.410 e. The van der Waals surface area contributed by atoms with E-state index in [1.807, 2.05) is 50.7 Å². The fourth-order valence-electron chi connectivity index (χ4n) is 5.73. The van der Waals surface area contributed by atoms with Crippen molar-refractivity contribution >= 4 is 34.4 Å². The molecule has 1 amide bonds. The molecule has 2 aromatic heterocycles. The van der Waals surface area contributed by atoms with Gasteiger partial charge in [-0.1, -0.05) is 11.6 Å². The zero-order valence-electron chi connectivity index (χ0n) is 21.8. The largest absolute Gasteiger partial charge is 0.444 e. The van der Waals surface area contributed by atoms with Crippen molar-refractivity contribution < 1.29 is 14.3 Å². The molecule has 0 unspecified atom stereocenters. The van der Waals surface area contributed by atoms with Crippen LogP contribution < -0.4 is 4.90 Å². The number of nitrogens with zero attached hydrogens (tertiary/aromatic N) is 6. The third-order valence-electron chi connectivity index (χ3n) is 7.50. The molecule has 0 radical (unpaired) electrons. The number of carbonyl (C=O) groups excluding carboxylic acids is 1. The number of morpholine rings is 1. The summed E-state index contributed by atoms with van der Waals surface area (Å²) in [5, 5.41) is 6.37. The van der Waals surface area contributed by atoms with Gasteiger partial charge in [0, 0.05) is 36.1 Å². The van der Waals surface area contributed by atoms with Gasteiger partial charge < -0.3 is 19.3 Å². The first-order valence-corrected chi connectivity index (χ1v) is 13.4. The number of hydrogen-bond acceptors (Lipinski definition) is 7. The van der Waals surface area contributed by atoms with Gasteiger partial charge >= 0.3 is 6.09 Å². The first kappa shape index (κ1) is 24.4. The molecule has 1 aromatic carbocycles. The van der Waals surface area contributed by atoms with Crippen LogP contribution in [0, 0.1) is 6.92 Å². The molecule has 2 bridgehead atoms. The predicted octanol–water partition coefficient (Wildman–Crippen LogP) is 4.87. The maximum Gasteiger partial charge on any atom is 0.410 e. The van der Waals surface area contributed by atoms with Gasteiger partial charge in [-0.2, -0.15) is 5.10 Å². The molecule has 0 N–H and O–H groups in total. The Morgan fingerprint density at radius 2 is 1.89 bits per heavy atom. The lowest BCUT2D eigenvalue weighted by Crippen LogP contribution is -2.41. The van der Waals surface area contributed by atoms with Crippen molar-refractivity contribution in [1.29, 1.82) is 0 Å². The molecule has 0 spiro atoms. The van der Waals surface area contributed by atoms with E-state index >= 15 is 0 Å². The molecule has 0 aliphatic carbocycles. The highest BCUT2D eigenvalue weighted by Gasteiger charge is 2.40. The molecule has 2 atom stereocenters. The quantitative estimate of drug-likeness (QED) is 0.483. The van der Waals surface area contributed by atoms with E-state index in [1.54, 1.807) is 4.90 Å². The van der Waals surface area contributed by atoms with Crippen molar-refractivity contribution in [2.24, 2.45) is 0 Å². The van der Waals surface area contributed by atoms with Gasteiger partial charge in [0.05, 0.1) is 30.5 Å². The van der Waals surface area contributed by atoms with Gasteiger partial charge in [-0.25, -0.2) is 19.4 Å². The van der Waals surface area contributed by atoms with Gasteiger partial charge in [0.25, 0.3) is 0 Å². The highest BCUT2D eigenvalue weighted by Crippen LogP contribution is 2.37. The molecule has 37 heavy (non-hydrogen) atoms. The van der Waals surface area contributed by atoms with Crippen LogP contribution in [0.25, 0.3) is 16.7 Å². The van der Waals surface area contributed by atoms with Gasteiger partial charge in [0.1, 0.15) is 17.2 Å². The summed E-state index contributed by atoms with van der Waals surface area (Å²) in [4.78, 5) is 26.1. The number of piperidine rings is 1. The number of benzene rings is 1. The summed E-state index contributed by atoms with van der Waals surface area (Å²) in [5.74, 6) is 2.63. The second kappa shape index (κ2) is 9.13. The van der Waals surface area contributed by atoms with E-state index in [0.29, 0.717) is 31.1 Å². The predicted molar refractivity (Wildman–Crippen MR) is 142 cm³/mol. The molecule has 9 nitrogen and oxygen atoms in total. The Bertz CT molecular complexity index is 1340. The summed E-state index contributed by atoms with van der Waals surface area (Å²) < 4.78 is 13.2. The monoisotopic (exact) mass is 524 g/mol. The summed E-state index contributed by atoms with van der Waals surface area (Å²) in [6.45, 7) is 10.5. The Morgan fingerprint density at radius 3 is 2.57 bits per heavy atom. The number of halogens is 1. The number of likely N-dealkylation sites (tertiary alicyclic amines) is 1. The maximum atomic E-state index is 12.5. The molecule has 3 aromatic rings. The number of carbonyl (C=O) groups is 1. The highest BCUT2D eigenvalue weighted by atomic mass is 35.5. The molecular formula is C27H33ClN6O3. The van der Waals surface area contributed by atoms with Crippen molar-refractivity contribution in [3.8, 4) is 5.82 Å². The van der Waals surface area contributed by atoms with E-state index in [2.05, 4.69) is 16.1 Å². The van der Waals surface area contributed by atoms with Gasteiger partial charge in [-0.15, -0.1) is 0 Å². The van der Waals surface area contributed by atoms with E-state index in [0.717, 1.165) is 65.5 Å². The fraction of sp³-hybridized carbons (Fsp3) is 0.556. The van der Waals surface area contributed by atoms with E-state index in [1.165, 1.54) is 0 Å². The lowest BCUT2D eigenvalue weighted by Gasteiger charge is -2.34. The highest BCUT2D eigenvalue weighted by molar-refractivity contribution is 6.32. The Balaban J connectivity index is 1.26.